The summed E-state index contributed by atoms with van der Waals surface area (Å²) in [7, 11) is 0. The number of nitrogens with two attached hydrogens (primary N) is 1. The zero-order valence-electron chi connectivity index (χ0n) is 10.2. The van der Waals surface area contributed by atoms with Crippen LogP contribution in [0.15, 0.2) is 18.2 Å². The van der Waals surface area contributed by atoms with Crippen LogP contribution in [0.25, 0.3) is 0 Å². The maximum Gasteiger partial charge on any atom is 0.0640 e. The molecular weight excluding hydrogens is 198 g/mol. The number of nitrogen functional groups attached to an aromatic ring is 1. The smallest absolute Gasteiger partial charge is 0.0640 e. The van der Waals surface area contributed by atoms with Crippen molar-refractivity contribution in [2.24, 2.45) is 0 Å². The first kappa shape index (κ1) is 12.4. The summed E-state index contributed by atoms with van der Waals surface area (Å²) in [4.78, 5) is 2.16. The van der Waals surface area contributed by atoms with Crippen LogP contribution in [0.3, 0.4) is 0 Å². The largest absolute Gasteiger partial charge is 0.397 e. The Morgan fingerprint density at radius 3 is 2.62 bits per heavy atom. The van der Waals surface area contributed by atoms with Gasteiger partial charge < -0.3 is 10.6 Å². The molecular formula is C13H19N3. The fourth-order valence-electron chi connectivity index (χ4n) is 1.76. The second-order valence-electron chi connectivity index (χ2n) is 4.26. The van der Waals surface area contributed by atoms with Gasteiger partial charge in [0.25, 0.3) is 0 Å². The molecule has 1 rings (SSSR count). The molecule has 1 aromatic carbocycles. The Morgan fingerprint density at radius 1 is 1.44 bits per heavy atom. The second-order valence-corrected chi connectivity index (χ2v) is 4.26. The van der Waals surface area contributed by atoms with Crippen LogP contribution in [-0.2, 0) is 0 Å². The highest BCUT2D eigenvalue weighted by molar-refractivity contribution is 5.68. The summed E-state index contributed by atoms with van der Waals surface area (Å²) in [5, 5.41) is 8.65. The number of nitriles is 1. The average Bonchev–Trinajstić information content (AvgIpc) is 2.20. The fourth-order valence-corrected chi connectivity index (χ4v) is 1.76. The third-order valence-electron chi connectivity index (χ3n) is 2.58. The summed E-state index contributed by atoms with van der Waals surface area (Å²) in [6, 6.07) is 8.57. The summed E-state index contributed by atoms with van der Waals surface area (Å²) in [5.41, 5.74) is 8.97. The summed E-state index contributed by atoms with van der Waals surface area (Å²) in [5.74, 6) is 0. The number of aryl methyl sites for hydroxylation is 1. The van der Waals surface area contributed by atoms with Crippen molar-refractivity contribution in [2.75, 3.05) is 17.2 Å². The quantitative estimate of drug-likeness (QED) is 0.789. The molecule has 2 N–H and O–H groups in total. The lowest BCUT2D eigenvalue weighted by Crippen LogP contribution is -2.32. The molecule has 0 saturated carbocycles. The standard InChI is InChI=1S/C13H19N3/c1-10(2)16(8-4-7-14)13-6-5-11(3)9-12(13)15/h5-6,9-10H,4,8,15H2,1-3H3. The Labute approximate surface area is 97.5 Å². The number of anilines is 2. The van der Waals surface area contributed by atoms with Crippen LogP contribution >= 0.6 is 0 Å². The molecule has 0 radical (unpaired) electrons. The molecule has 1 aromatic rings. The maximum absolute atomic E-state index is 8.65. The van der Waals surface area contributed by atoms with Gasteiger partial charge in [-0.25, -0.2) is 0 Å². The van der Waals surface area contributed by atoms with E-state index in [1.54, 1.807) is 0 Å². The predicted molar refractivity (Wildman–Crippen MR) is 68.3 cm³/mol. The Bertz CT molecular complexity index is 391. The molecule has 16 heavy (non-hydrogen) atoms. The van der Waals surface area contributed by atoms with E-state index in [1.165, 1.54) is 0 Å². The van der Waals surface area contributed by atoms with E-state index in [4.69, 9.17) is 11.0 Å². The van der Waals surface area contributed by atoms with Crippen LogP contribution in [0.1, 0.15) is 25.8 Å². The number of hydrogen-bond acceptors (Lipinski definition) is 3. The molecule has 0 aliphatic rings. The first-order valence-electron chi connectivity index (χ1n) is 5.56. The molecule has 0 bridgehead atoms. The van der Waals surface area contributed by atoms with E-state index >= 15 is 0 Å². The number of rotatable bonds is 4. The van der Waals surface area contributed by atoms with Crippen molar-refractivity contribution < 1.29 is 0 Å². The maximum atomic E-state index is 8.65. The van der Waals surface area contributed by atoms with E-state index in [9.17, 15) is 0 Å². The van der Waals surface area contributed by atoms with Crippen LogP contribution in [0.4, 0.5) is 11.4 Å². The zero-order chi connectivity index (χ0) is 12.1. The molecule has 0 spiro atoms. The third kappa shape index (κ3) is 2.90. The molecule has 3 nitrogen and oxygen atoms in total. The van der Waals surface area contributed by atoms with Crippen molar-refractivity contribution in [3.63, 3.8) is 0 Å². The van der Waals surface area contributed by atoms with E-state index in [0.29, 0.717) is 12.5 Å². The lowest BCUT2D eigenvalue weighted by atomic mass is 10.1. The van der Waals surface area contributed by atoms with Crippen molar-refractivity contribution in [2.45, 2.75) is 33.2 Å². The molecule has 0 amide bonds. The van der Waals surface area contributed by atoms with Crippen molar-refractivity contribution in [1.29, 1.82) is 5.26 Å². The second kappa shape index (κ2) is 5.41. The normalized spacial score (nSPS) is 10.2. The molecule has 0 fully saturated rings. The van der Waals surface area contributed by atoms with E-state index in [0.717, 1.165) is 23.5 Å². The van der Waals surface area contributed by atoms with Crippen LogP contribution in [0, 0.1) is 18.3 Å². The fraction of sp³-hybridized carbons (Fsp3) is 0.462. The summed E-state index contributed by atoms with van der Waals surface area (Å²) >= 11 is 0. The van der Waals surface area contributed by atoms with Gasteiger partial charge in [0.05, 0.1) is 23.9 Å². The Morgan fingerprint density at radius 2 is 2.12 bits per heavy atom. The van der Waals surface area contributed by atoms with Gasteiger partial charge in [0.15, 0.2) is 0 Å². The average molecular weight is 217 g/mol. The molecule has 0 atom stereocenters. The van der Waals surface area contributed by atoms with E-state index in [-0.39, 0.29) is 0 Å². The third-order valence-corrected chi connectivity index (χ3v) is 2.58. The number of nitrogens with zero attached hydrogens (tertiary/aromatic N) is 2. The van der Waals surface area contributed by atoms with Crippen LogP contribution < -0.4 is 10.6 Å². The molecule has 0 aromatic heterocycles. The van der Waals surface area contributed by atoms with Gasteiger partial charge >= 0.3 is 0 Å². The minimum absolute atomic E-state index is 0.346. The molecule has 0 heterocycles. The Hall–Kier alpha value is -1.69. The Balaban J connectivity index is 2.97. The first-order valence-corrected chi connectivity index (χ1v) is 5.56. The van der Waals surface area contributed by atoms with Crippen molar-refractivity contribution in [3.05, 3.63) is 23.8 Å². The van der Waals surface area contributed by atoms with E-state index in [1.807, 2.05) is 25.1 Å². The molecule has 0 saturated heterocycles. The first-order chi connectivity index (χ1) is 7.56. The number of hydrogen-bond donors (Lipinski definition) is 1. The Kier molecular flexibility index (Phi) is 4.19. The van der Waals surface area contributed by atoms with Gasteiger partial charge in [0.2, 0.25) is 0 Å². The van der Waals surface area contributed by atoms with Gasteiger partial charge in [0.1, 0.15) is 0 Å². The van der Waals surface area contributed by atoms with Gasteiger partial charge in [-0.15, -0.1) is 0 Å². The van der Waals surface area contributed by atoms with Crippen molar-refractivity contribution >= 4 is 11.4 Å². The molecule has 3 heteroatoms. The summed E-state index contributed by atoms with van der Waals surface area (Å²) < 4.78 is 0. The van der Waals surface area contributed by atoms with E-state index in [2.05, 4.69) is 24.8 Å². The van der Waals surface area contributed by atoms with Gasteiger partial charge in [-0.3, -0.25) is 0 Å². The van der Waals surface area contributed by atoms with Crippen molar-refractivity contribution in [3.8, 4) is 6.07 Å². The summed E-state index contributed by atoms with van der Waals surface area (Å²) in [6.07, 6.45) is 0.519. The van der Waals surface area contributed by atoms with Crippen molar-refractivity contribution in [1.82, 2.24) is 0 Å². The topological polar surface area (TPSA) is 53.0 Å². The van der Waals surface area contributed by atoms with Gasteiger partial charge in [-0.1, -0.05) is 6.07 Å². The highest BCUT2D eigenvalue weighted by Gasteiger charge is 2.12. The predicted octanol–water partition coefficient (Wildman–Crippen LogP) is 2.71. The number of benzene rings is 1. The molecule has 0 unspecified atom stereocenters. The van der Waals surface area contributed by atoms with E-state index < -0.39 is 0 Å². The SMILES string of the molecule is Cc1ccc(N(CCC#N)C(C)C)c(N)c1. The molecule has 86 valence electrons. The monoisotopic (exact) mass is 217 g/mol. The van der Waals surface area contributed by atoms with Gasteiger partial charge in [0, 0.05) is 12.6 Å². The van der Waals surface area contributed by atoms with Crippen LogP contribution in [0.5, 0.6) is 0 Å². The zero-order valence-corrected chi connectivity index (χ0v) is 10.2. The van der Waals surface area contributed by atoms with Gasteiger partial charge in [-0.2, -0.15) is 5.26 Å². The van der Waals surface area contributed by atoms with Gasteiger partial charge in [-0.05, 0) is 38.5 Å². The summed E-state index contributed by atoms with van der Waals surface area (Å²) in [6.45, 7) is 6.96. The lowest BCUT2D eigenvalue weighted by Gasteiger charge is -2.29. The highest BCUT2D eigenvalue weighted by atomic mass is 15.2. The minimum atomic E-state index is 0.346. The van der Waals surface area contributed by atoms with Crippen LogP contribution in [-0.4, -0.2) is 12.6 Å². The highest BCUT2D eigenvalue weighted by Crippen LogP contribution is 2.26. The lowest BCUT2D eigenvalue weighted by molar-refractivity contribution is 0.687. The van der Waals surface area contributed by atoms with Crippen LogP contribution in [0.2, 0.25) is 0 Å². The molecule has 0 aliphatic carbocycles. The molecule has 0 aliphatic heterocycles. The minimum Gasteiger partial charge on any atom is -0.397 e.